The van der Waals surface area contributed by atoms with Crippen molar-refractivity contribution in [1.82, 2.24) is 30.0 Å². The Kier molecular flexibility index (Phi) is 3.76. The van der Waals surface area contributed by atoms with E-state index in [1.165, 1.54) is 0 Å². The van der Waals surface area contributed by atoms with Gasteiger partial charge >= 0.3 is 0 Å². The van der Waals surface area contributed by atoms with Crippen molar-refractivity contribution in [3.8, 4) is 0 Å². The van der Waals surface area contributed by atoms with Gasteiger partial charge in [-0.25, -0.2) is 9.97 Å². The molecule has 0 saturated carbocycles. The van der Waals surface area contributed by atoms with Crippen molar-refractivity contribution in [2.75, 3.05) is 0 Å². The van der Waals surface area contributed by atoms with Crippen molar-refractivity contribution in [3.63, 3.8) is 0 Å². The molecule has 0 unspecified atom stereocenters. The Morgan fingerprint density at radius 2 is 2.32 bits per heavy atom. The summed E-state index contributed by atoms with van der Waals surface area (Å²) in [4.78, 5) is 24.4. The molecule has 0 radical (unpaired) electrons. The number of ether oxygens (including phenoxy) is 1. The van der Waals surface area contributed by atoms with Crippen LogP contribution >= 0.6 is 0 Å². The molecule has 3 aromatic heterocycles. The number of carbonyl (C=O) groups is 1. The Morgan fingerprint density at radius 3 is 3.12 bits per heavy atom. The smallest absolute Gasteiger partial charge is 0.270 e. The number of carbonyl (C=O) groups excluding carboxylic acids is 1. The molecule has 0 aliphatic carbocycles. The molecule has 0 spiro atoms. The van der Waals surface area contributed by atoms with E-state index in [4.69, 9.17) is 4.74 Å². The minimum Gasteiger partial charge on any atom is -0.369 e. The number of H-pyrrole nitrogens is 1. The van der Waals surface area contributed by atoms with Crippen LogP contribution in [0, 0.1) is 0 Å². The van der Waals surface area contributed by atoms with Gasteiger partial charge in [-0.2, -0.15) is 5.10 Å². The molecule has 4 rings (SSSR count). The lowest BCUT2D eigenvalue weighted by atomic mass is 9.99. The van der Waals surface area contributed by atoms with Crippen LogP contribution in [0.4, 0.5) is 0 Å². The molecule has 3 aromatic rings. The van der Waals surface area contributed by atoms with E-state index in [9.17, 15) is 4.79 Å². The van der Waals surface area contributed by atoms with Crippen molar-refractivity contribution in [2.24, 2.45) is 7.05 Å². The second kappa shape index (κ2) is 5.96. The van der Waals surface area contributed by atoms with E-state index in [-0.39, 0.29) is 18.1 Å². The first kappa shape index (κ1) is 15.8. The van der Waals surface area contributed by atoms with Gasteiger partial charge in [0, 0.05) is 25.2 Å². The maximum atomic E-state index is 12.7. The first-order chi connectivity index (χ1) is 12.0. The van der Waals surface area contributed by atoms with Crippen LogP contribution in [0.5, 0.6) is 0 Å². The van der Waals surface area contributed by atoms with Gasteiger partial charge in [-0.3, -0.25) is 9.48 Å². The first-order valence-electron chi connectivity index (χ1n) is 8.32. The first-order valence-corrected chi connectivity index (χ1v) is 8.32. The lowest BCUT2D eigenvalue weighted by molar-refractivity contribution is -0.00710. The Hall–Kier alpha value is -2.74. The number of imidazole rings is 1. The minimum absolute atomic E-state index is 0.0692. The van der Waals surface area contributed by atoms with Gasteiger partial charge in [0.05, 0.1) is 30.0 Å². The zero-order valence-electron chi connectivity index (χ0n) is 14.4. The number of nitrogens with one attached hydrogen (secondary N) is 2. The fraction of sp³-hybridized carbons (Fsp3) is 0.412. The fourth-order valence-electron chi connectivity index (χ4n) is 3.38. The highest BCUT2D eigenvalue weighted by Crippen LogP contribution is 2.31. The van der Waals surface area contributed by atoms with Gasteiger partial charge in [-0.15, -0.1) is 0 Å². The normalized spacial score (nSPS) is 19.8. The summed E-state index contributed by atoms with van der Waals surface area (Å²) < 4.78 is 7.43. The van der Waals surface area contributed by atoms with E-state index in [1.54, 1.807) is 17.9 Å². The molecule has 4 heterocycles. The van der Waals surface area contributed by atoms with E-state index < -0.39 is 0 Å². The second-order valence-corrected chi connectivity index (χ2v) is 6.37. The number of hydrogen-bond donors (Lipinski definition) is 2. The van der Waals surface area contributed by atoms with E-state index in [0.29, 0.717) is 30.1 Å². The average molecular weight is 340 g/mol. The number of fused-ring (bicyclic) bond motifs is 2. The SMILES string of the molecule is C[C@@H]1Cc2c(nn(C)c2C(=O)NCc2nc3ncccc3[nH]2)[C@H](C)O1. The van der Waals surface area contributed by atoms with Gasteiger partial charge in [0.15, 0.2) is 5.65 Å². The van der Waals surface area contributed by atoms with Crippen molar-refractivity contribution in [2.45, 2.75) is 39.0 Å². The van der Waals surface area contributed by atoms with Gasteiger partial charge < -0.3 is 15.0 Å². The van der Waals surface area contributed by atoms with Crippen molar-refractivity contribution in [1.29, 1.82) is 0 Å². The number of pyridine rings is 1. The zero-order chi connectivity index (χ0) is 17.6. The fourth-order valence-corrected chi connectivity index (χ4v) is 3.38. The van der Waals surface area contributed by atoms with Crippen LogP contribution < -0.4 is 5.32 Å². The quantitative estimate of drug-likeness (QED) is 0.755. The molecule has 8 heteroatoms. The Morgan fingerprint density at radius 1 is 1.48 bits per heavy atom. The van der Waals surface area contributed by atoms with Crippen molar-refractivity contribution >= 4 is 17.1 Å². The van der Waals surface area contributed by atoms with Gasteiger partial charge in [-0.05, 0) is 26.0 Å². The molecule has 0 bridgehead atoms. The maximum absolute atomic E-state index is 12.7. The Bertz CT molecular complexity index is 911. The summed E-state index contributed by atoms with van der Waals surface area (Å²) in [5, 5.41) is 7.40. The third kappa shape index (κ3) is 2.78. The summed E-state index contributed by atoms with van der Waals surface area (Å²) in [6.45, 7) is 4.27. The summed E-state index contributed by atoms with van der Waals surface area (Å²) >= 11 is 0. The monoisotopic (exact) mass is 340 g/mol. The van der Waals surface area contributed by atoms with Gasteiger partial charge in [0.25, 0.3) is 5.91 Å². The molecule has 130 valence electrons. The maximum Gasteiger partial charge on any atom is 0.270 e. The van der Waals surface area contributed by atoms with E-state index >= 15 is 0 Å². The zero-order valence-corrected chi connectivity index (χ0v) is 14.4. The molecular formula is C17H20N6O2. The molecule has 2 atom stereocenters. The number of hydrogen-bond acceptors (Lipinski definition) is 5. The molecule has 2 N–H and O–H groups in total. The lowest BCUT2D eigenvalue weighted by Gasteiger charge is -2.24. The highest BCUT2D eigenvalue weighted by molar-refractivity contribution is 5.94. The molecule has 1 amide bonds. The predicted molar refractivity (Wildman–Crippen MR) is 90.9 cm³/mol. The number of nitrogens with zero attached hydrogens (tertiary/aromatic N) is 4. The van der Waals surface area contributed by atoms with Crippen molar-refractivity contribution < 1.29 is 9.53 Å². The van der Waals surface area contributed by atoms with Gasteiger partial charge in [0.1, 0.15) is 11.5 Å². The Labute approximate surface area is 144 Å². The summed E-state index contributed by atoms with van der Waals surface area (Å²) in [6, 6.07) is 3.75. The molecule has 0 fully saturated rings. The third-order valence-electron chi connectivity index (χ3n) is 4.43. The number of aromatic amines is 1. The summed E-state index contributed by atoms with van der Waals surface area (Å²) in [6.07, 6.45) is 2.34. The molecule has 1 aliphatic rings. The number of aryl methyl sites for hydroxylation is 1. The predicted octanol–water partition coefficient (Wildman–Crippen LogP) is 1.64. The highest BCUT2D eigenvalue weighted by atomic mass is 16.5. The summed E-state index contributed by atoms with van der Waals surface area (Å²) in [5.74, 6) is 0.508. The molecule has 0 saturated heterocycles. The molecular weight excluding hydrogens is 320 g/mol. The van der Waals surface area contributed by atoms with E-state index in [0.717, 1.165) is 16.8 Å². The molecule has 25 heavy (non-hydrogen) atoms. The van der Waals surface area contributed by atoms with Crippen LogP contribution in [0.25, 0.3) is 11.2 Å². The van der Waals surface area contributed by atoms with Gasteiger partial charge in [-0.1, -0.05) is 0 Å². The molecule has 0 aromatic carbocycles. The lowest BCUT2D eigenvalue weighted by Crippen LogP contribution is -2.28. The van der Waals surface area contributed by atoms with Gasteiger partial charge in [0.2, 0.25) is 0 Å². The van der Waals surface area contributed by atoms with E-state index in [1.807, 2.05) is 26.0 Å². The third-order valence-corrected chi connectivity index (χ3v) is 4.43. The summed E-state index contributed by atoms with van der Waals surface area (Å²) in [7, 11) is 1.79. The van der Waals surface area contributed by atoms with Crippen LogP contribution in [0.15, 0.2) is 18.3 Å². The summed E-state index contributed by atoms with van der Waals surface area (Å²) in [5.41, 5.74) is 3.90. The standard InChI is InChI=1S/C17H20N6O2/c1-9-7-11-14(10(2)25-9)22-23(3)15(11)17(24)19-8-13-20-12-5-4-6-18-16(12)21-13/h4-6,9-10H,7-8H2,1-3H3,(H,19,24)(H,18,20,21)/t9-,10+/m1/s1. The average Bonchev–Trinajstić information content (AvgIpc) is 3.13. The number of rotatable bonds is 3. The second-order valence-electron chi connectivity index (χ2n) is 6.37. The number of aromatic nitrogens is 5. The van der Waals surface area contributed by atoms with Crippen LogP contribution in [0.1, 0.15) is 47.5 Å². The minimum atomic E-state index is -0.161. The molecule has 8 nitrogen and oxygen atoms in total. The topological polar surface area (TPSA) is 97.7 Å². The van der Waals surface area contributed by atoms with Crippen LogP contribution in [-0.4, -0.2) is 36.7 Å². The number of amides is 1. The van der Waals surface area contributed by atoms with Crippen LogP contribution in [0.3, 0.4) is 0 Å². The molecule has 1 aliphatic heterocycles. The largest absolute Gasteiger partial charge is 0.369 e. The van der Waals surface area contributed by atoms with Crippen LogP contribution in [0.2, 0.25) is 0 Å². The van der Waals surface area contributed by atoms with Crippen molar-refractivity contribution in [3.05, 3.63) is 41.1 Å². The highest BCUT2D eigenvalue weighted by Gasteiger charge is 2.31. The Balaban J connectivity index is 1.55. The van der Waals surface area contributed by atoms with Crippen LogP contribution in [-0.2, 0) is 24.8 Å². The van der Waals surface area contributed by atoms with E-state index in [2.05, 4.69) is 25.4 Å².